The van der Waals surface area contributed by atoms with Crippen molar-refractivity contribution in [3.8, 4) is 6.07 Å². The summed E-state index contributed by atoms with van der Waals surface area (Å²) in [4.78, 5) is 7.12. The van der Waals surface area contributed by atoms with Crippen LogP contribution in [-0.4, -0.2) is 16.1 Å². The van der Waals surface area contributed by atoms with Crippen molar-refractivity contribution in [2.24, 2.45) is 0 Å². The summed E-state index contributed by atoms with van der Waals surface area (Å²) in [7, 11) is 0. The second-order valence-corrected chi connectivity index (χ2v) is 7.88. The maximum absolute atomic E-state index is 9.57. The summed E-state index contributed by atoms with van der Waals surface area (Å²) in [5.74, 6) is 0.932. The summed E-state index contributed by atoms with van der Waals surface area (Å²) in [5.41, 5.74) is 8.17. The van der Waals surface area contributed by atoms with Crippen molar-refractivity contribution in [1.29, 1.82) is 5.26 Å². The molecule has 0 unspecified atom stereocenters. The summed E-state index contributed by atoms with van der Waals surface area (Å²) in [5, 5.41) is 10.7. The van der Waals surface area contributed by atoms with Gasteiger partial charge in [-0.05, 0) is 56.9 Å². The van der Waals surface area contributed by atoms with E-state index in [2.05, 4.69) is 73.6 Å². The number of aromatic nitrogens is 2. The molecule has 0 bridgehead atoms. The first kappa shape index (κ1) is 18.3. The van der Waals surface area contributed by atoms with E-state index in [0.29, 0.717) is 5.69 Å². The molecule has 0 fully saturated rings. The van der Waals surface area contributed by atoms with Crippen molar-refractivity contribution in [2.75, 3.05) is 11.4 Å². The van der Waals surface area contributed by atoms with Crippen molar-refractivity contribution in [1.82, 2.24) is 9.55 Å². The molecule has 0 amide bonds. The van der Waals surface area contributed by atoms with E-state index in [1.165, 1.54) is 28.0 Å². The average Bonchev–Trinajstić information content (AvgIpc) is 2.95. The molecular weight excluding hydrogens is 344 g/mol. The molecule has 3 aromatic rings. The molecule has 1 aromatic carbocycles. The molecule has 3 heterocycles. The summed E-state index contributed by atoms with van der Waals surface area (Å²) in [6.45, 7) is 11.1. The molecule has 4 rings (SSSR count). The van der Waals surface area contributed by atoms with Crippen LogP contribution in [0.4, 0.5) is 5.82 Å². The Hall–Kier alpha value is -3.06. The van der Waals surface area contributed by atoms with Crippen molar-refractivity contribution < 1.29 is 0 Å². The van der Waals surface area contributed by atoms with Crippen LogP contribution in [0.2, 0.25) is 0 Å². The zero-order valence-electron chi connectivity index (χ0n) is 17.1. The van der Waals surface area contributed by atoms with E-state index in [1.54, 1.807) is 0 Å². The molecule has 0 spiro atoms. The predicted octanol–water partition coefficient (Wildman–Crippen LogP) is 5.05. The highest BCUT2D eigenvalue weighted by molar-refractivity contribution is 5.94. The summed E-state index contributed by atoms with van der Waals surface area (Å²) in [6, 6.07) is 12.8. The third-order valence-electron chi connectivity index (χ3n) is 5.82. The smallest absolute Gasteiger partial charge is 0.155 e. The van der Waals surface area contributed by atoms with Gasteiger partial charge in [-0.25, -0.2) is 4.98 Å². The van der Waals surface area contributed by atoms with Crippen LogP contribution in [0, 0.1) is 25.2 Å². The van der Waals surface area contributed by atoms with Crippen LogP contribution in [-0.2, 0) is 19.5 Å². The minimum absolute atomic E-state index is 0.490. The van der Waals surface area contributed by atoms with Gasteiger partial charge < -0.3 is 9.47 Å². The topological polar surface area (TPSA) is 44.9 Å². The molecule has 2 aromatic heterocycles. The van der Waals surface area contributed by atoms with E-state index in [1.807, 2.05) is 6.07 Å². The monoisotopic (exact) mass is 370 g/mol. The lowest BCUT2D eigenvalue weighted by Crippen LogP contribution is -2.31. The largest absolute Gasteiger partial charge is 0.350 e. The number of rotatable bonds is 3. The van der Waals surface area contributed by atoms with E-state index < -0.39 is 0 Å². The fourth-order valence-corrected chi connectivity index (χ4v) is 4.10. The zero-order valence-corrected chi connectivity index (χ0v) is 17.1. The average molecular weight is 371 g/mol. The third kappa shape index (κ3) is 3.07. The Morgan fingerprint density at radius 2 is 1.96 bits per heavy atom. The summed E-state index contributed by atoms with van der Waals surface area (Å²) >= 11 is 0. The molecule has 0 saturated heterocycles. The third-order valence-corrected chi connectivity index (χ3v) is 5.82. The van der Waals surface area contributed by atoms with Gasteiger partial charge in [-0.3, -0.25) is 0 Å². The van der Waals surface area contributed by atoms with E-state index in [9.17, 15) is 5.26 Å². The van der Waals surface area contributed by atoms with Crippen LogP contribution in [0.25, 0.3) is 10.9 Å². The van der Waals surface area contributed by atoms with Gasteiger partial charge in [0.2, 0.25) is 0 Å². The molecule has 28 heavy (non-hydrogen) atoms. The number of benzene rings is 1. The number of allylic oxidation sites excluding steroid dienone is 2. The first-order valence-corrected chi connectivity index (χ1v) is 9.85. The van der Waals surface area contributed by atoms with Gasteiger partial charge >= 0.3 is 0 Å². The van der Waals surface area contributed by atoms with Crippen LogP contribution in [0.5, 0.6) is 0 Å². The second kappa shape index (κ2) is 7.16. The van der Waals surface area contributed by atoms with Crippen molar-refractivity contribution in [2.45, 2.75) is 47.2 Å². The molecule has 1 aliphatic rings. The van der Waals surface area contributed by atoms with Gasteiger partial charge in [0.25, 0.3) is 0 Å². The number of anilines is 1. The number of hydrogen-bond donors (Lipinski definition) is 0. The number of nitrogens with zero attached hydrogens (tertiary/aromatic N) is 4. The molecule has 0 aliphatic carbocycles. The van der Waals surface area contributed by atoms with Crippen LogP contribution in [0.3, 0.4) is 0 Å². The number of hydrogen-bond acceptors (Lipinski definition) is 3. The van der Waals surface area contributed by atoms with E-state index in [4.69, 9.17) is 4.98 Å². The standard InChI is InChI=1S/C24H26N4/c1-16(2)9-12-28-18(4)17(3)22-13-21(14-25)26-24(23(22)28)27-11-10-19-7-5-6-8-20(19)15-27/h5-9,13H,10-12,15H2,1-4H3. The lowest BCUT2D eigenvalue weighted by atomic mass is 10.00. The maximum Gasteiger partial charge on any atom is 0.155 e. The number of aryl methyl sites for hydroxylation is 1. The predicted molar refractivity (Wildman–Crippen MR) is 115 cm³/mol. The number of nitriles is 1. The van der Waals surface area contributed by atoms with Gasteiger partial charge in [-0.15, -0.1) is 0 Å². The highest BCUT2D eigenvalue weighted by atomic mass is 15.2. The lowest BCUT2D eigenvalue weighted by molar-refractivity contribution is 0.717. The van der Waals surface area contributed by atoms with Crippen LogP contribution in [0.15, 0.2) is 42.0 Å². The molecule has 0 saturated carbocycles. The number of fused-ring (bicyclic) bond motifs is 2. The second-order valence-electron chi connectivity index (χ2n) is 7.88. The molecule has 0 atom stereocenters. The maximum atomic E-state index is 9.57. The van der Waals surface area contributed by atoms with Crippen molar-refractivity contribution in [3.63, 3.8) is 0 Å². The quantitative estimate of drug-likeness (QED) is 0.606. The molecular formula is C24H26N4. The van der Waals surface area contributed by atoms with E-state index in [0.717, 1.165) is 42.8 Å². The van der Waals surface area contributed by atoms with E-state index in [-0.39, 0.29) is 0 Å². The molecule has 4 nitrogen and oxygen atoms in total. The van der Waals surface area contributed by atoms with Gasteiger partial charge in [0.05, 0.1) is 5.52 Å². The van der Waals surface area contributed by atoms with Gasteiger partial charge in [-0.2, -0.15) is 5.26 Å². The Morgan fingerprint density at radius 1 is 1.21 bits per heavy atom. The van der Waals surface area contributed by atoms with Gasteiger partial charge in [-0.1, -0.05) is 35.9 Å². The normalized spacial score (nSPS) is 13.3. The Morgan fingerprint density at radius 3 is 2.68 bits per heavy atom. The molecule has 4 heteroatoms. The summed E-state index contributed by atoms with van der Waals surface area (Å²) < 4.78 is 2.35. The Labute approximate surface area is 166 Å². The lowest BCUT2D eigenvalue weighted by Gasteiger charge is -2.30. The molecule has 142 valence electrons. The van der Waals surface area contributed by atoms with Crippen LogP contribution in [0.1, 0.15) is 41.9 Å². The molecule has 0 N–H and O–H groups in total. The van der Waals surface area contributed by atoms with Gasteiger partial charge in [0, 0.05) is 30.7 Å². The highest BCUT2D eigenvalue weighted by Crippen LogP contribution is 2.34. The molecule has 1 aliphatic heterocycles. The van der Waals surface area contributed by atoms with E-state index >= 15 is 0 Å². The SMILES string of the molecule is CC(C)=CCn1c(C)c(C)c2cc(C#N)nc(N3CCc4ccccc4C3)c21. The van der Waals surface area contributed by atoms with Crippen molar-refractivity contribution in [3.05, 3.63) is 70.1 Å². The van der Waals surface area contributed by atoms with Crippen LogP contribution >= 0.6 is 0 Å². The van der Waals surface area contributed by atoms with Gasteiger partial charge in [0.15, 0.2) is 5.82 Å². The Bertz CT molecular complexity index is 1120. The van der Waals surface area contributed by atoms with Gasteiger partial charge in [0.1, 0.15) is 11.8 Å². The Kier molecular flexibility index (Phi) is 4.68. The zero-order chi connectivity index (χ0) is 19.8. The molecule has 0 radical (unpaired) electrons. The minimum Gasteiger partial charge on any atom is -0.350 e. The highest BCUT2D eigenvalue weighted by Gasteiger charge is 2.23. The number of pyridine rings is 1. The minimum atomic E-state index is 0.490. The first-order chi connectivity index (χ1) is 13.5. The summed E-state index contributed by atoms with van der Waals surface area (Å²) in [6.07, 6.45) is 3.25. The fourth-order valence-electron chi connectivity index (χ4n) is 4.10. The van der Waals surface area contributed by atoms with Crippen LogP contribution < -0.4 is 4.90 Å². The van der Waals surface area contributed by atoms with Crippen molar-refractivity contribution >= 4 is 16.7 Å². The first-order valence-electron chi connectivity index (χ1n) is 9.85. The Balaban J connectivity index is 1.91. The fraction of sp³-hybridized carbons (Fsp3) is 0.333.